The number of hydrogen-bond acceptors (Lipinski definition) is 2. The Balaban J connectivity index is 1.74. The van der Waals surface area contributed by atoms with Crippen LogP contribution in [0, 0.1) is 0 Å². The van der Waals surface area contributed by atoms with Crippen LogP contribution in [0.3, 0.4) is 0 Å². The van der Waals surface area contributed by atoms with E-state index in [1.165, 1.54) is 18.4 Å². The standard InChI is InChI=1S/C11H16N2/c1-11(5-6-11)13-8-4-10-3-2-7-12-9-10/h2-3,7,9,13H,4-6,8H2,1H3. The summed E-state index contributed by atoms with van der Waals surface area (Å²) < 4.78 is 0. The maximum atomic E-state index is 4.09. The molecular weight excluding hydrogens is 160 g/mol. The smallest absolute Gasteiger partial charge is 0.0300 e. The molecular formula is C11H16N2. The van der Waals surface area contributed by atoms with Crippen molar-refractivity contribution in [3.63, 3.8) is 0 Å². The molecule has 0 aromatic carbocycles. The van der Waals surface area contributed by atoms with Gasteiger partial charge < -0.3 is 5.32 Å². The second-order valence-electron chi connectivity index (χ2n) is 4.10. The lowest BCUT2D eigenvalue weighted by Crippen LogP contribution is -2.29. The number of nitrogens with zero attached hydrogens (tertiary/aromatic N) is 1. The number of nitrogens with one attached hydrogen (secondary N) is 1. The van der Waals surface area contributed by atoms with Crippen LogP contribution in [0.2, 0.25) is 0 Å². The van der Waals surface area contributed by atoms with E-state index in [-0.39, 0.29) is 0 Å². The summed E-state index contributed by atoms with van der Waals surface area (Å²) in [5, 5.41) is 3.55. The van der Waals surface area contributed by atoms with Gasteiger partial charge in [-0.15, -0.1) is 0 Å². The number of hydrogen-bond donors (Lipinski definition) is 1. The molecule has 2 nitrogen and oxygen atoms in total. The molecule has 2 heteroatoms. The summed E-state index contributed by atoms with van der Waals surface area (Å²) in [6.45, 7) is 3.36. The Morgan fingerprint density at radius 2 is 2.38 bits per heavy atom. The predicted octanol–water partition coefficient (Wildman–Crippen LogP) is 1.77. The van der Waals surface area contributed by atoms with E-state index in [9.17, 15) is 0 Å². The molecule has 0 bridgehead atoms. The summed E-state index contributed by atoms with van der Waals surface area (Å²) in [5.41, 5.74) is 1.78. The first-order valence-electron chi connectivity index (χ1n) is 4.92. The summed E-state index contributed by atoms with van der Waals surface area (Å²) in [7, 11) is 0. The molecule has 0 atom stereocenters. The van der Waals surface area contributed by atoms with Crippen molar-refractivity contribution in [3.8, 4) is 0 Å². The van der Waals surface area contributed by atoms with Crippen molar-refractivity contribution in [2.45, 2.75) is 31.7 Å². The number of pyridine rings is 1. The minimum Gasteiger partial charge on any atom is -0.311 e. The summed E-state index contributed by atoms with van der Waals surface area (Å²) in [6, 6.07) is 4.12. The molecule has 1 aromatic heterocycles. The normalized spacial score (nSPS) is 18.5. The molecule has 2 rings (SSSR count). The van der Waals surface area contributed by atoms with Gasteiger partial charge in [-0.1, -0.05) is 6.07 Å². The Bertz CT molecular complexity index is 265. The average molecular weight is 176 g/mol. The molecule has 0 spiro atoms. The molecule has 1 aliphatic rings. The van der Waals surface area contributed by atoms with Crippen LogP contribution in [0.4, 0.5) is 0 Å². The van der Waals surface area contributed by atoms with Gasteiger partial charge in [-0.25, -0.2) is 0 Å². The lowest BCUT2D eigenvalue weighted by atomic mass is 10.2. The average Bonchev–Trinajstić information content (AvgIpc) is 2.86. The Morgan fingerprint density at radius 3 is 3.00 bits per heavy atom. The van der Waals surface area contributed by atoms with E-state index in [1.54, 1.807) is 0 Å². The van der Waals surface area contributed by atoms with E-state index in [0.29, 0.717) is 5.54 Å². The number of aromatic nitrogens is 1. The topological polar surface area (TPSA) is 24.9 Å². The fourth-order valence-electron chi connectivity index (χ4n) is 1.42. The fraction of sp³-hybridized carbons (Fsp3) is 0.545. The summed E-state index contributed by atoms with van der Waals surface area (Å²) >= 11 is 0. The van der Waals surface area contributed by atoms with Crippen molar-refractivity contribution >= 4 is 0 Å². The third kappa shape index (κ3) is 2.52. The highest BCUT2D eigenvalue weighted by Gasteiger charge is 2.35. The second kappa shape index (κ2) is 3.46. The quantitative estimate of drug-likeness (QED) is 0.756. The monoisotopic (exact) mass is 176 g/mol. The Labute approximate surface area is 79.4 Å². The SMILES string of the molecule is CC1(NCCc2cccnc2)CC1. The summed E-state index contributed by atoms with van der Waals surface area (Å²) in [5.74, 6) is 0. The van der Waals surface area contributed by atoms with Gasteiger partial charge in [-0.05, 0) is 44.4 Å². The van der Waals surface area contributed by atoms with E-state index in [4.69, 9.17) is 0 Å². The van der Waals surface area contributed by atoms with Crippen molar-refractivity contribution in [1.82, 2.24) is 10.3 Å². The maximum absolute atomic E-state index is 4.09. The van der Waals surface area contributed by atoms with Crippen LogP contribution in [-0.4, -0.2) is 17.1 Å². The minimum absolute atomic E-state index is 0.461. The molecule has 1 heterocycles. The Kier molecular flexibility index (Phi) is 2.32. The van der Waals surface area contributed by atoms with E-state index in [0.717, 1.165) is 13.0 Å². The third-order valence-electron chi connectivity index (χ3n) is 2.69. The third-order valence-corrected chi connectivity index (χ3v) is 2.69. The highest BCUT2D eigenvalue weighted by atomic mass is 15.0. The van der Waals surface area contributed by atoms with Crippen LogP contribution < -0.4 is 5.32 Å². The first-order valence-corrected chi connectivity index (χ1v) is 4.92. The Morgan fingerprint density at radius 1 is 1.54 bits per heavy atom. The van der Waals surface area contributed by atoms with Gasteiger partial charge in [0.25, 0.3) is 0 Å². The molecule has 0 aliphatic heterocycles. The highest BCUT2D eigenvalue weighted by Crippen LogP contribution is 2.33. The van der Waals surface area contributed by atoms with Crippen molar-refractivity contribution in [2.24, 2.45) is 0 Å². The van der Waals surface area contributed by atoms with Crippen LogP contribution >= 0.6 is 0 Å². The zero-order valence-corrected chi connectivity index (χ0v) is 8.09. The van der Waals surface area contributed by atoms with Crippen LogP contribution in [0.1, 0.15) is 25.3 Å². The molecule has 0 saturated heterocycles. The maximum Gasteiger partial charge on any atom is 0.0300 e. The summed E-state index contributed by atoms with van der Waals surface area (Å²) in [4.78, 5) is 4.09. The molecule has 1 N–H and O–H groups in total. The molecule has 1 fully saturated rings. The van der Waals surface area contributed by atoms with Gasteiger partial charge in [0, 0.05) is 17.9 Å². The van der Waals surface area contributed by atoms with Crippen LogP contribution in [0.25, 0.3) is 0 Å². The van der Waals surface area contributed by atoms with E-state index in [1.807, 2.05) is 18.5 Å². The molecule has 1 saturated carbocycles. The van der Waals surface area contributed by atoms with Crippen LogP contribution in [0.5, 0.6) is 0 Å². The van der Waals surface area contributed by atoms with Gasteiger partial charge in [0.2, 0.25) is 0 Å². The van der Waals surface area contributed by atoms with Crippen molar-refractivity contribution in [1.29, 1.82) is 0 Å². The lowest BCUT2D eigenvalue weighted by Gasteiger charge is -2.10. The molecule has 70 valence electrons. The number of rotatable bonds is 4. The van der Waals surface area contributed by atoms with Crippen molar-refractivity contribution < 1.29 is 0 Å². The van der Waals surface area contributed by atoms with Gasteiger partial charge >= 0.3 is 0 Å². The van der Waals surface area contributed by atoms with Gasteiger partial charge in [0.05, 0.1) is 0 Å². The molecule has 13 heavy (non-hydrogen) atoms. The molecule has 0 radical (unpaired) electrons. The molecule has 0 unspecified atom stereocenters. The Hall–Kier alpha value is -0.890. The van der Waals surface area contributed by atoms with Crippen LogP contribution in [0.15, 0.2) is 24.5 Å². The molecule has 1 aromatic rings. The first-order chi connectivity index (χ1) is 6.29. The minimum atomic E-state index is 0.461. The van der Waals surface area contributed by atoms with Crippen molar-refractivity contribution in [3.05, 3.63) is 30.1 Å². The highest BCUT2D eigenvalue weighted by molar-refractivity contribution is 5.09. The van der Waals surface area contributed by atoms with Gasteiger partial charge in [-0.3, -0.25) is 4.98 Å². The second-order valence-corrected chi connectivity index (χ2v) is 4.10. The predicted molar refractivity (Wildman–Crippen MR) is 53.6 cm³/mol. The molecule has 0 amide bonds. The first kappa shape index (κ1) is 8.70. The van der Waals surface area contributed by atoms with E-state index >= 15 is 0 Å². The zero-order valence-electron chi connectivity index (χ0n) is 8.09. The fourth-order valence-corrected chi connectivity index (χ4v) is 1.42. The summed E-state index contributed by atoms with van der Waals surface area (Å²) in [6.07, 6.45) is 7.51. The zero-order chi connectivity index (χ0) is 9.15. The van der Waals surface area contributed by atoms with E-state index < -0.39 is 0 Å². The van der Waals surface area contributed by atoms with Gasteiger partial charge in [-0.2, -0.15) is 0 Å². The van der Waals surface area contributed by atoms with E-state index in [2.05, 4.69) is 23.3 Å². The van der Waals surface area contributed by atoms with Gasteiger partial charge in [0.15, 0.2) is 0 Å². The van der Waals surface area contributed by atoms with Crippen molar-refractivity contribution in [2.75, 3.05) is 6.54 Å². The largest absolute Gasteiger partial charge is 0.311 e. The van der Waals surface area contributed by atoms with Gasteiger partial charge in [0.1, 0.15) is 0 Å². The van der Waals surface area contributed by atoms with Crippen LogP contribution in [-0.2, 0) is 6.42 Å². The molecule has 1 aliphatic carbocycles. The lowest BCUT2D eigenvalue weighted by molar-refractivity contribution is 0.541.